The molecule has 0 radical (unpaired) electrons. The highest BCUT2D eigenvalue weighted by Crippen LogP contribution is 2.19. The minimum absolute atomic E-state index is 0.588. The summed E-state index contributed by atoms with van der Waals surface area (Å²) in [4.78, 5) is 8.20. The van der Waals surface area contributed by atoms with Gasteiger partial charge in [0.1, 0.15) is 5.82 Å². The van der Waals surface area contributed by atoms with E-state index in [9.17, 15) is 5.11 Å². The van der Waals surface area contributed by atoms with E-state index in [-0.39, 0.29) is 0 Å². The van der Waals surface area contributed by atoms with Crippen molar-refractivity contribution in [3.8, 4) is 0 Å². The largest absolute Gasteiger partial charge is 0.379 e. The fraction of sp³-hybridized carbons (Fsp3) is 0.200. The summed E-state index contributed by atoms with van der Waals surface area (Å²) in [6, 6.07) is 3.61. The third-order valence-corrected chi connectivity index (χ3v) is 2.60. The van der Waals surface area contributed by atoms with E-state index in [1.807, 2.05) is 13.1 Å². The molecule has 1 atom stereocenters. The molecule has 0 bridgehead atoms. The Morgan fingerprint density at radius 1 is 1.40 bits per heavy atom. The van der Waals surface area contributed by atoms with E-state index in [4.69, 9.17) is 0 Å². The van der Waals surface area contributed by atoms with Crippen LogP contribution in [-0.2, 0) is 7.05 Å². The number of rotatable bonds is 2. The second-order valence-electron chi connectivity index (χ2n) is 3.20. The van der Waals surface area contributed by atoms with Crippen LogP contribution < -0.4 is 0 Å². The van der Waals surface area contributed by atoms with Crippen LogP contribution in [0, 0.1) is 0 Å². The Morgan fingerprint density at radius 3 is 2.73 bits per heavy atom. The molecule has 2 rings (SSSR count). The Bertz CT molecular complexity index is 452. The van der Waals surface area contributed by atoms with Gasteiger partial charge in [0.05, 0.1) is 5.69 Å². The number of halogens is 1. The zero-order valence-electron chi connectivity index (χ0n) is 8.13. The van der Waals surface area contributed by atoms with Gasteiger partial charge in [0.15, 0.2) is 6.10 Å². The fourth-order valence-electron chi connectivity index (χ4n) is 1.32. The zero-order valence-corrected chi connectivity index (χ0v) is 9.72. The molecule has 0 saturated heterocycles. The molecular weight excluding hydrogens is 258 g/mol. The van der Waals surface area contributed by atoms with Gasteiger partial charge in [0.2, 0.25) is 0 Å². The average molecular weight is 268 g/mol. The van der Waals surface area contributed by atoms with E-state index >= 15 is 0 Å². The molecule has 15 heavy (non-hydrogen) atoms. The number of aliphatic hydroxyl groups excluding tert-OH is 1. The van der Waals surface area contributed by atoms with Crippen LogP contribution in [0.2, 0.25) is 0 Å². The smallest absolute Gasteiger partial charge is 0.153 e. The average Bonchev–Trinajstić information content (AvgIpc) is 2.65. The minimum Gasteiger partial charge on any atom is -0.379 e. The van der Waals surface area contributed by atoms with E-state index in [1.54, 1.807) is 29.2 Å². The summed E-state index contributed by atoms with van der Waals surface area (Å²) in [7, 11) is 1.84. The van der Waals surface area contributed by atoms with Crippen molar-refractivity contribution in [1.82, 2.24) is 14.5 Å². The lowest BCUT2D eigenvalue weighted by Gasteiger charge is -2.09. The molecule has 0 aliphatic carbocycles. The number of aromatic nitrogens is 3. The Balaban J connectivity index is 2.32. The molecule has 2 aromatic rings. The van der Waals surface area contributed by atoms with Gasteiger partial charge >= 0.3 is 0 Å². The molecule has 0 aliphatic rings. The first-order chi connectivity index (χ1) is 7.18. The number of aryl methyl sites for hydroxylation is 1. The highest BCUT2D eigenvalue weighted by atomic mass is 79.9. The predicted octanol–water partition coefficient (Wildman–Crippen LogP) is 1.66. The molecule has 4 nitrogen and oxygen atoms in total. The molecule has 0 amide bonds. The second kappa shape index (κ2) is 4.12. The van der Waals surface area contributed by atoms with Crippen LogP contribution >= 0.6 is 15.9 Å². The quantitative estimate of drug-likeness (QED) is 0.901. The first kappa shape index (κ1) is 10.3. The fourth-order valence-corrected chi connectivity index (χ4v) is 1.56. The SMILES string of the molecule is Cn1ccnc1C(O)c1ccc(Br)cn1. The maximum absolute atomic E-state index is 9.99. The Morgan fingerprint density at radius 2 is 2.20 bits per heavy atom. The van der Waals surface area contributed by atoms with Gasteiger partial charge in [-0.1, -0.05) is 0 Å². The lowest BCUT2D eigenvalue weighted by atomic mass is 10.2. The van der Waals surface area contributed by atoms with Gasteiger partial charge in [-0.05, 0) is 28.1 Å². The molecule has 2 aromatic heterocycles. The summed E-state index contributed by atoms with van der Waals surface area (Å²) in [5, 5.41) is 9.99. The van der Waals surface area contributed by atoms with Crippen LogP contribution in [0.3, 0.4) is 0 Å². The minimum atomic E-state index is -0.780. The van der Waals surface area contributed by atoms with Crippen molar-refractivity contribution in [2.45, 2.75) is 6.10 Å². The van der Waals surface area contributed by atoms with Crippen molar-refractivity contribution in [1.29, 1.82) is 0 Å². The van der Waals surface area contributed by atoms with Crippen LogP contribution in [0.25, 0.3) is 0 Å². The third kappa shape index (κ3) is 2.08. The molecule has 0 aromatic carbocycles. The van der Waals surface area contributed by atoms with E-state index in [2.05, 4.69) is 25.9 Å². The molecule has 0 spiro atoms. The van der Waals surface area contributed by atoms with Crippen molar-refractivity contribution in [2.75, 3.05) is 0 Å². The lowest BCUT2D eigenvalue weighted by Crippen LogP contribution is -2.08. The number of nitrogens with zero attached hydrogens (tertiary/aromatic N) is 3. The number of imidazole rings is 1. The van der Waals surface area contributed by atoms with Gasteiger partial charge in [-0.2, -0.15) is 0 Å². The maximum Gasteiger partial charge on any atom is 0.153 e. The number of aliphatic hydroxyl groups is 1. The Hall–Kier alpha value is -1.20. The van der Waals surface area contributed by atoms with Gasteiger partial charge in [0.25, 0.3) is 0 Å². The highest BCUT2D eigenvalue weighted by molar-refractivity contribution is 9.10. The van der Waals surface area contributed by atoms with E-state index in [0.29, 0.717) is 11.5 Å². The molecule has 0 fully saturated rings. The molecule has 2 heterocycles. The van der Waals surface area contributed by atoms with Crippen LogP contribution in [0.1, 0.15) is 17.6 Å². The monoisotopic (exact) mass is 267 g/mol. The van der Waals surface area contributed by atoms with Crippen LogP contribution in [-0.4, -0.2) is 19.6 Å². The highest BCUT2D eigenvalue weighted by Gasteiger charge is 2.15. The van der Waals surface area contributed by atoms with Crippen LogP contribution in [0.4, 0.5) is 0 Å². The summed E-state index contributed by atoms with van der Waals surface area (Å²) in [5.74, 6) is 0.588. The van der Waals surface area contributed by atoms with Crippen molar-refractivity contribution in [2.24, 2.45) is 7.05 Å². The predicted molar refractivity (Wildman–Crippen MR) is 59.2 cm³/mol. The number of hydrogen-bond donors (Lipinski definition) is 1. The topological polar surface area (TPSA) is 50.9 Å². The summed E-state index contributed by atoms with van der Waals surface area (Å²) in [5.41, 5.74) is 0.590. The summed E-state index contributed by atoms with van der Waals surface area (Å²) >= 11 is 3.29. The van der Waals surface area contributed by atoms with Gasteiger partial charge in [-0.3, -0.25) is 4.98 Å². The molecule has 0 aliphatic heterocycles. The van der Waals surface area contributed by atoms with E-state index in [1.165, 1.54) is 0 Å². The summed E-state index contributed by atoms with van der Waals surface area (Å²) in [6.07, 6.45) is 4.31. The molecule has 78 valence electrons. The molecular formula is C10H10BrN3O. The van der Waals surface area contributed by atoms with E-state index < -0.39 is 6.10 Å². The molecule has 1 N–H and O–H groups in total. The van der Waals surface area contributed by atoms with Crippen molar-refractivity contribution >= 4 is 15.9 Å². The Kier molecular flexibility index (Phi) is 2.83. The van der Waals surface area contributed by atoms with E-state index in [0.717, 1.165) is 4.47 Å². The van der Waals surface area contributed by atoms with Crippen LogP contribution in [0.5, 0.6) is 0 Å². The maximum atomic E-state index is 9.99. The number of pyridine rings is 1. The van der Waals surface area contributed by atoms with Gasteiger partial charge in [-0.15, -0.1) is 0 Å². The number of hydrogen-bond acceptors (Lipinski definition) is 3. The standard InChI is InChI=1S/C10H10BrN3O/c1-14-5-4-12-10(14)9(15)8-3-2-7(11)6-13-8/h2-6,9,15H,1H3. The first-order valence-corrected chi connectivity index (χ1v) is 5.24. The van der Waals surface area contributed by atoms with Crippen molar-refractivity contribution < 1.29 is 5.11 Å². The third-order valence-electron chi connectivity index (χ3n) is 2.13. The Labute approximate surface area is 95.7 Å². The lowest BCUT2D eigenvalue weighted by molar-refractivity contribution is 0.201. The zero-order chi connectivity index (χ0) is 10.8. The molecule has 5 heteroatoms. The van der Waals surface area contributed by atoms with Gasteiger partial charge in [0, 0.05) is 30.1 Å². The summed E-state index contributed by atoms with van der Waals surface area (Å²) < 4.78 is 2.66. The first-order valence-electron chi connectivity index (χ1n) is 4.45. The molecule has 0 saturated carbocycles. The van der Waals surface area contributed by atoms with Crippen molar-refractivity contribution in [3.63, 3.8) is 0 Å². The van der Waals surface area contributed by atoms with Gasteiger partial charge < -0.3 is 9.67 Å². The normalized spacial score (nSPS) is 12.7. The summed E-state index contributed by atoms with van der Waals surface area (Å²) in [6.45, 7) is 0. The molecule has 1 unspecified atom stereocenters. The second-order valence-corrected chi connectivity index (χ2v) is 4.12. The van der Waals surface area contributed by atoms with Crippen molar-refractivity contribution in [3.05, 3.63) is 46.7 Å². The van der Waals surface area contributed by atoms with Gasteiger partial charge in [-0.25, -0.2) is 4.98 Å². The van der Waals surface area contributed by atoms with Crippen LogP contribution in [0.15, 0.2) is 35.2 Å².